The average molecular weight is 348 g/mol. The van der Waals surface area contributed by atoms with Crippen LogP contribution in [0.25, 0.3) is 0 Å². The Kier molecular flexibility index (Phi) is 4.93. The fourth-order valence-electron chi connectivity index (χ4n) is 2.59. The van der Waals surface area contributed by atoms with E-state index in [9.17, 15) is 10.1 Å². The Bertz CT molecular complexity index is 760. The minimum absolute atomic E-state index is 0.147. The molecule has 0 unspecified atom stereocenters. The average Bonchev–Trinajstić information content (AvgIpc) is 3.00. The van der Waals surface area contributed by atoms with Crippen LogP contribution in [0.15, 0.2) is 5.16 Å². The van der Waals surface area contributed by atoms with Crippen molar-refractivity contribution in [1.29, 1.82) is 5.26 Å². The van der Waals surface area contributed by atoms with Gasteiger partial charge in [-0.2, -0.15) is 5.26 Å². The number of fused-ring (bicyclic) bond motifs is 1. The smallest absolute Gasteiger partial charge is 0.235 e. The normalized spacial score (nSPS) is 13.9. The Balaban J connectivity index is 1.69. The summed E-state index contributed by atoms with van der Waals surface area (Å²) in [4.78, 5) is 13.4. The molecule has 0 saturated carbocycles. The number of tetrazole rings is 1. The highest BCUT2D eigenvalue weighted by Crippen LogP contribution is 2.37. The number of hydrogen-bond donors (Lipinski definition) is 1. The SMILES string of the molecule is Cn1nnnc1SCC(=O)Nc1sc2c(c1C#N)CCCCC2. The highest BCUT2D eigenvalue weighted by atomic mass is 32.2. The van der Waals surface area contributed by atoms with Crippen LogP contribution in [0, 0.1) is 11.3 Å². The maximum Gasteiger partial charge on any atom is 0.235 e. The molecule has 2 heterocycles. The fraction of sp³-hybridized carbons (Fsp3) is 0.500. The molecule has 23 heavy (non-hydrogen) atoms. The van der Waals surface area contributed by atoms with Gasteiger partial charge in [0, 0.05) is 11.9 Å². The second-order valence-electron chi connectivity index (χ2n) is 5.30. The topological polar surface area (TPSA) is 96.5 Å². The number of carbonyl (C=O) groups excluding carboxylic acids is 1. The Morgan fingerprint density at radius 1 is 1.43 bits per heavy atom. The van der Waals surface area contributed by atoms with Crippen molar-refractivity contribution in [3.05, 3.63) is 16.0 Å². The predicted octanol–water partition coefficient (Wildman–Crippen LogP) is 2.14. The highest BCUT2D eigenvalue weighted by Gasteiger charge is 2.21. The number of thioether (sulfide) groups is 1. The molecule has 2 aromatic heterocycles. The highest BCUT2D eigenvalue weighted by molar-refractivity contribution is 7.99. The first-order valence-corrected chi connectivity index (χ1v) is 9.19. The summed E-state index contributed by atoms with van der Waals surface area (Å²) >= 11 is 2.81. The van der Waals surface area contributed by atoms with Gasteiger partial charge in [0.2, 0.25) is 11.1 Å². The van der Waals surface area contributed by atoms with Crippen molar-refractivity contribution in [2.75, 3.05) is 11.1 Å². The quantitative estimate of drug-likeness (QED) is 0.672. The predicted molar refractivity (Wildman–Crippen MR) is 88.4 cm³/mol. The third-order valence-electron chi connectivity index (χ3n) is 3.70. The number of thiophene rings is 1. The van der Waals surface area contributed by atoms with Crippen LogP contribution in [0.1, 0.15) is 35.3 Å². The first-order chi connectivity index (χ1) is 11.2. The summed E-state index contributed by atoms with van der Waals surface area (Å²) in [7, 11) is 1.73. The minimum atomic E-state index is -0.147. The molecule has 3 rings (SSSR count). The zero-order valence-electron chi connectivity index (χ0n) is 12.7. The second-order valence-corrected chi connectivity index (χ2v) is 7.35. The van der Waals surface area contributed by atoms with Crippen molar-refractivity contribution >= 4 is 34.0 Å². The van der Waals surface area contributed by atoms with Gasteiger partial charge in [-0.15, -0.1) is 16.4 Å². The zero-order valence-corrected chi connectivity index (χ0v) is 14.3. The molecular formula is C14H16N6OS2. The molecule has 0 aliphatic heterocycles. The van der Waals surface area contributed by atoms with Gasteiger partial charge in [0.05, 0.1) is 11.3 Å². The number of nitrogens with zero attached hydrogens (tertiary/aromatic N) is 5. The summed E-state index contributed by atoms with van der Waals surface area (Å²) in [6.45, 7) is 0. The van der Waals surface area contributed by atoms with E-state index in [1.807, 2.05) is 0 Å². The molecule has 7 nitrogen and oxygen atoms in total. The number of aromatic nitrogens is 4. The van der Waals surface area contributed by atoms with Crippen molar-refractivity contribution in [2.45, 2.75) is 37.3 Å². The van der Waals surface area contributed by atoms with Crippen LogP contribution < -0.4 is 5.32 Å². The summed E-state index contributed by atoms with van der Waals surface area (Å²) in [5, 5.41) is 24.7. The van der Waals surface area contributed by atoms with E-state index in [0.29, 0.717) is 15.7 Å². The Morgan fingerprint density at radius 3 is 3.00 bits per heavy atom. The van der Waals surface area contributed by atoms with Gasteiger partial charge in [-0.05, 0) is 41.7 Å². The van der Waals surface area contributed by atoms with Crippen LogP contribution in [0.4, 0.5) is 5.00 Å². The molecule has 120 valence electrons. The molecule has 1 aliphatic rings. The van der Waals surface area contributed by atoms with Crippen LogP contribution in [0.3, 0.4) is 0 Å². The zero-order chi connectivity index (χ0) is 16.2. The van der Waals surface area contributed by atoms with E-state index in [-0.39, 0.29) is 11.7 Å². The van der Waals surface area contributed by atoms with Gasteiger partial charge in [0.15, 0.2) is 0 Å². The first kappa shape index (κ1) is 16.0. The van der Waals surface area contributed by atoms with Crippen LogP contribution in [0.5, 0.6) is 0 Å². The van der Waals surface area contributed by atoms with Gasteiger partial charge in [-0.1, -0.05) is 18.2 Å². The molecule has 0 fully saturated rings. The number of hydrogen-bond acceptors (Lipinski definition) is 7. The molecule has 0 saturated heterocycles. The van der Waals surface area contributed by atoms with Gasteiger partial charge in [0.1, 0.15) is 11.1 Å². The number of carbonyl (C=O) groups is 1. The lowest BCUT2D eigenvalue weighted by Crippen LogP contribution is -2.14. The monoisotopic (exact) mass is 348 g/mol. The maximum atomic E-state index is 12.2. The lowest BCUT2D eigenvalue weighted by molar-refractivity contribution is -0.113. The molecule has 0 aromatic carbocycles. The van der Waals surface area contributed by atoms with E-state index in [1.165, 1.54) is 27.7 Å². The third-order valence-corrected chi connectivity index (χ3v) is 5.92. The van der Waals surface area contributed by atoms with Crippen molar-refractivity contribution < 1.29 is 4.79 Å². The van der Waals surface area contributed by atoms with Crippen molar-refractivity contribution in [1.82, 2.24) is 20.2 Å². The molecular weight excluding hydrogens is 332 g/mol. The summed E-state index contributed by atoms with van der Waals surface area (Å²) in [5.74, 6) is 0.0627. The number of amides is 1. The van der Waals surface area contributed by atoms with Crippen molar-refractivity contribution in [3.8, 4) is 6.07 Å². The Morgan fingerprint density at radius 2 is 2.26 bits per heavy atom. The number of aryl methyl sites for hydroxylation is 2. The lowest BCUT2D eigenvalue weighted by atomic mass is 10.1. The molecule has 0 spiro atoms. The standard InChI is InChI=1S/C14H16N6OS2/c1-20-14(17-18-19-20)22-8-12(21)16-13-10(7-15)9-5-3-2-4-6-11(9)23-13/h2-6,8H2,1H3,(H,16,21). The summed E-state index contributed by atoms with van der Waals surface area (Å²) in [6.07, 6.45) is 5.41. The molecule has 0 atom stereocenters. The molecule has 1 aliphatic carbocycles. The Hall–Kier alpha value is -1.92. The summed E-state index contributed by atoms with van der Waals surface area (Å²) < 4.78 is 1.52. The maximum absolute atomic E-state index is 12.2. The van der Waals surface area contributed by atoms with Crippen LogP contribution >= 0.6 is 23.1 Å². The number of anilines is 1. The number of rotatable bonds is 4. The minimum Gasteiger partial charge on any atom is -0.316 e. The van der Waals surface area contributed by atoms with E-state index >= 15 is 0 Å². The van der Waals surface area contributed by atoms with E-state index in [4.69, 9.17) is 0 Å². The molecule has 2 aromatic rings. The molecule has 0 bridgehead atoms. The molecule has 0 radical (unpaired) electrons. The van der Waals surface area contributed by atoms with Gasteiger partial charge >= 0.3 is 0 Å². The van der Waals surface area contributed by atoms with E-state index in [0.717, 1.165) is 31.2 Å². The third kappa shape index (κ3) is 3.54. The van der Waals surface area contributed by atoms with E-state index in [1.54, 1.807) is 18.4 Å². The van der Waals surface area contributed by atoms with Gasteiger partial charge in [-0.25, -0.2) is 4.68 Å². The van der Waals surface area contributed by atoms with E-state index in [2.05, 4.69) is 26.9 Å². The fourth-order valence-corrected chi connectivity index (χ4v) is 4.49. The van der Waals surface area contributed by atoms with Crippen LogP contribution in [0.2, 0.25) is 0 Å². The molecule has 1 N–H and O–H groups in total. The summed E-state index contributed by atoms with van der Waals surface area (Å²) in [6, 6.07) is 2.27. The van der Waals surface area contributed by atoms with Crippen molar-refractivity contribution in [3.63, 3.8) is 0 Å². The van der Waals surface area contributed by atoms with Crippen LogP contribution in [-0.2, 0) is 24.7 Å². The van der Waals surface area contributed by atoms with Gasteiger partial charge in [-0.3, -0.25) is 4.79 Å². The molecule has 1 amide bonds. The molecule has 9 heteroatoms. The largest absolute Gasteiger partial charge is 0.316 e. The lowest BCUT2D eigenvalue weighted by Gasteiger charge is -2.03. The van der Waals surface area contributed by atoms with E-state index < -0.39 is 0 Å². The number of nitrogens with one attached hydrogen (secondary N) is 1. The first-order valence-electron chi connectivity index (χ1n) is 7.38. The van der Waals surface area contributed by atoms with Gasteiger partial charge < -0.3 is 5.32 Å². The van der Waals surface area contributed by atoms with Crippen LogP contribution in [-0.4, -0.2) is 31.9 Å². The van der Waals surface area contributed by atoms with Crippen molar-refractivity contribution in [2.24, 2.45) is 7.05 Å². The summed E-state index contributed by atoms with van der Waals surface area (Å²) in [5.41, 5.74) is 1.78. The second kappa shape index (κ2) is 7.10. The number of nitriles is 1. The van der Waals surface area contributed by atoms with Gasteiger partial charge in [0.25, 0.3) is 0 Å². The Labute approximate surface area is 142 Å².